The van der Waals surface area contributed by atoms with E-state index in [-0.39, 0.29) is 0 Å². The summed E-state index contributed by atoms with van der Waals surface area (Å²) in [5.41, 5.74) is 6.27. The van der Waals surface area contributed by atoms with Crippen molar-refractivity contribution in [2.24, 2.45) is 0 Å². The van der Waals surface area contributed by atoms with Crippen molar-refractivity contribution < 1.29 is 14.2 Å². The van der Waals surface area contributed by atoms with E-state index in [2.05, 4.69) is 38.4 Å². The molecule has 0 bridgehead atoms. The van der Waals surface area contributed by atoms with E-state index in [1.165, 1.54) is 5.56 Å². The molecule has 0 radical (unpaired) electrons. The maximum Gasteiger partial charge on any atom is 0.224 e. The molecule has 3 aromatic heterocycles. The highest BCUT2D eigenvalue weighted by molar-refractivity contribution is 9.10. The lowest BCUT2D eigenvalue weighted by Gasteiger charge is -2.15. The number of pyridine rings is 1. The van der Waals surface area contributed by atoms with Crippen LogP contribution in [-0.2, 0) is 13.0 Å². The van der Waals surface area contributed by atoms with Gasteiger partial charge in [0.05, 0.1) is 37.2 Å². The Morgan fingerprint density at radius 3 is 2.58 bits per heavy atom. The minimum absolute atomic E-state index is 0.497. The molecule has 5 rings (SSSR count). The number of nitrogens with zero attached hydrogens (tertiary/aromatic N) is 3. The monoisotopic (exact) mass is 524 g/mol. The van der Waals surface area contributed by atoms with Crippen molar-refractivity contribution in [1.29, 1.82) is 0 Å². The molecule has 0 fully saturated rings. The van der Waals surface area contributed by atoms with Crippen LogP contribution < -0.4 is 19.5 Å². The van der Waals surface area contributed by atoms with Gasteiger partial charge in [-0.25, -0.2) is 15.0 Å². The van der Waals surface area contributed by atoms with E-state index >= 15 is 0 Å². The van der Waals surface area contributed by atoms with Gasteiger partial charge in [0.2, 0.25) is 11.7 Å². The van der Waals surface area contributed by atoms with Gasteiger partial charge < -0.3 is 19.5 Å². The van der Waals surface area contributed by atoms with E-state index in [0.29, 0.717) is 29.7 Å². The molecule has 0 atom stereocenters. The molecule has 168 valence electrons. The molecule has 1 N–H and O–H groups in total. The molecule has 0 saturated carbocycles. The molecule has 0 aliphatic heterocycles. The van der Waals surface area contributed by atoms with Crippen LogP contribution in [0.4, 0.5) is 5.95 Å². The molecule has 1 aliphatic rings. The maximum absolute atomic E-state index is 5.47. The average Bonchev–Trinajstić information content (AvgIpc) is 3.48. The van der Waals surface area contributed by atoms with E-state index in [0.717, 1.165) is 43.6 Å². The van der Waals surface area contributed by atoms with Crippen molar-refractivity contribution in [3.63, 3.8) is 0 Å². The number of hydrogen-bond donors (Lipinski definition) is 1. The lowest BCUT2D eigenvalue weighted by Crippen LogP contribution is -2.06. The third kappa shape index (κ3) is 4.02. The average molecular weight is 525 g/mol. The van der Waals surface area contributed by atoms with E-state index in [4.69, 9.17) is 24.2 Å². The second-order valence-electron chi connectivity index (χ2n) is 7.40. The summed E-state index contributed by atoms with van der Waals surface area (Å²) in [6.07, 6.45) is 4.97. The standard InChI is InChI=1S/C24H21BrN4O3S/c1-30-18-8-13(9-19(31-2)22(18)32-3)11-27-24-28-17-6-7-33-23(17)21(29-24)15-5-4-14-12-26-20(25)10-16(14)15/h5-10,12H,4,11H2,1-3H3,(H,27,28,29). The van der Waals surface area contributed by atoms with Gasteiger partial charge in [-0.3, -0.25) is 0 Å². The molecule has 1 aromatic carbocycles. The van der Waals surface area contributed by atoms with E-state index in [9.17, 15) is 0 Å². The molecule has 9 heteroatoms. The van der Waals surface area contributed by atoms with Gasteiger partial charge in [0.1, 0.15) is 4.60 Å². The minimum Gasteiger partial charge on any atom is -0.493 e. The Labute approximate surface area is 203 Å². The number of aromatic nitrogens is 3. The van der Waals surface area contributed by atoms with E-state index < -0.39 is 0 Å². The maximum atomic E-state index is 5.47. The molecule has 7 nitrogen and oxygen atoms in total. The van der Waals surface area contributed by atoms with Crippen molar-refractivity contribution in [3.8, 4) is 17.2 Å². The lowest BCUT2D eigenvalue weighted by atomic mass is 10.1. The Hall–Kier alpha value is -3.17. The van der Waals surface area contributed by atoms with Crippen molar-refractivity contribution in [2.45, 2.75) is 13.0 Å². The van der Waals surface area contributed by atoms with Crippen LogP contribution in [-0.4, -0.2) is 36.3 Å². The number of methoxy groups -OCH3 is 3. The van der Waals surface area contributed by atoms with Crippen molar-refractivity contribution in [2.75, 3.05) is 26.6 Å². The number of halogens is 1. The van der Waals surface area contributed by atoms with Crippen molar-refractivity contribution in [3.05, 3.63) is 68.9 Å². The predicted molar refractivity (Wildman–Crippen MR) is 134 cm³/mol. The van der Waals surface area contributed by atoms with Crippen LogP contribution in [0.3, 0.4) is 0 Å². The number of fused-ring (bicyclic) bond motifs is 2. The Morgan fingerprint density at radius 2 is 1.85 bits per heavy atom. The lowest BCUT2D eigenvalue weighted by molar-refractivity contribution is 0.324. The second kappa shape index (κ2) is 8.99. The highest BCUT2D eigenvalue weighted by Gasteiger charge is 2.21. The van der Waals surface area contributed by atoms with Gasteiger partial charge in [-0.1, -0.05) is 6.08 Å². The number of benzene rings is 1. The largest absolute Gasteiger partial charge is 0.493 e. The SMILES string of the molecule is COc1cc(CNc2nc(C3=CCc4cnc(Br)cc43)c3sccc3n2)cc(OC)c1OC. The summed E-state index contributed by atoms with van der Waals surface area (Å²) in [7, 11) is 4.80. The van der Waals surface area contributed by atoms with Gasteiger partial charge in [-0.15, -0.1) is 11.3 Å². The molecule has 3 heterocycles. The Kier molecular flexibility index (Phi) is 5.90. The molecule has 1 aliphatic carbocycles. The Bertz CT molecular complexity index is 1360. The zero-order chi connectivity index (χ0) is 22.9. The zero-order valence-electron chi connectivity index (χ0n) is 18.3. The molecule has 0 unspecified atom stereocenters. The molecule has 4 aromatic rings. The summed E-state index contributed by atoms with van der Waals surface area (Å²) in [6, 6.07) is 7.91. The van der Waals surface area contributed by atoms with Crippen LogP contribution >= 0.6 is 27.3 Å². The van der Waals surface area contributed by atoms with Gasteiger partial charge >= 0.3 is 0 Å². The number of allylic oxidation sites excluding steroid dienone is 1. The number of thiophene rings is 1. The number of rotatable bonds is 7. The van der Waals surface area contributed by atoms with Crippen molar-refractivity contribution >= 4 is 49.0 Å². The van der Waals surface area contributed by atoms with Gasteiger partial charge in [0.15, 0.2) is 11.5 Å². The fourth-order valence-electron chi connectivity index (χ4n) is 3.96. The highest BCUT2D eigenvalue weighted by atomic mass is 79.9. The molecular weight excluding hydrogens is 504 g/mol. The normalized spacial score (nSPS) is 12.4. The predicted octanol–water partition coefficient (Wildman–Crippen LogP) is 5.47. The fraction of sp³-hybridized carbons (Fsp3) is 0.208. The zero-order valence-corrected chi connectivity index (χ0v) is 20.7. The first-order chi connectivity index (χ1) is 16.1. The Morgan fingerprint density at radius 1 is 1.06 bits per heavy atom. The topological polar surface area (TPSA) is 78.4 Å². The number of nitrogens with one attached hydrogen (secondary N) is 1. The first kappa shape index (κ1) is 21.7. The third-order valence-electron chi connectivity index (χ3n) is 5.50. The van der Waals surface area contributed by atoms with Gasteiger partial charge in [-0.05, 0) is 68.7 Å². The summed E-state index contributed by atoms with van der Waals surface area (Å²) in [5, 5.41) is 5.41. The molecule has 0 spiro atoms. The molecular formula is C24H21BrN4O3S. The highest BCUT2D eigenvalue weighted by Crippen LogP contribution is 2.39. The van der Waals surface area contributed by atoms with Crippen LogP contribution in [0.1, 0.15) is 22.4 Å². The summed E-state index contributed by atoms with van der Waals surface area (Å²) < 4.78 is 18.2. The summed E-state index contributed by atoms with van der Waals surface area (Å²) in [6.45, 7) is 0.497. The number of anilines is 1. The van der Waals surface area contributed by atoms with Crippen molar-refractivity contribution in [1.82, 2.24) is 15.0 Å². The van der Waals surface area contributed by atoms with E-state index in [1.54, 1.807) is 32.7 Å². The fourth-order valence-corrected chi connectivity index (χ4v) is 5.13. The smallest absolute Gasteiger partial charge is 0.224 e. The van der Waals surface area contributed by atoms with Crippen LogP contribution in [0.15, 0.2) is 46.5 Å². The van der Waals surface area contributed by atoms with E-state index in [1.807, 2.05) is 29.8 Å². The Balaban J connectivity index is 1.49. The molecule has 0 saturated heterocycles. The number of ether oxygens (including phenoxy) is 3. The quantitative estimate of drug-likeness (QED) is 0.321. The van der Waals surface area contributed by atoms with Gasteiger partial charge in [-0.2, -0.15) is 0 Å². The van der Waals surface area contributed by atoms with Crippen LogP contribution in [0, 0.1) is 0 Å². The summed E-state index contributed by atoms with van der Waals surface area (Å²) >= 11 is 5.14. The first-order valence-electron chi connectivity index (χ1n) is 10.2. The minimum atomic E-state index is 0.497. The van der Waals surface area contributed by atoms with Crippen LogP contribution in [0.25, 0.3) is 15.8 Å². The summed E-state index contributed by atoms with van der Waals surface area (Å²) in [5.74, 6) is 2.34. The number of hydrogen-bond acceptors (Lipinski definition) is 8. The molecule has 0 amide bonds. The summed E-state index contributed by atoms with van der Waals surface area (Å²) in [4.78, 5) is 14.0. The first-order valence-corrected chi connectivity index (χ1v) is 11.9. The third-order valence-corrected chi connectivity index (χ3v) is 6.85. The van der Waals surface area contributed by atoms with Crippen LogP contribution in [0.5, 0.6) is 17.2 Å². The van der Waals surface area contributed by atoms with Gasteiger partial charge in [0, 0.05) is 18.3 Å². The second-order valence-corrected chi connectivity index (χ2v) is 9.13. The van der Waals surface area contributed by atoms with Gasteiger partial charge in [0.25, 0.3) is 0 Å². The molecule has 33 heavy (non-hydrogen) atoms. The van der Waals surface area contributed by atoms with Crippen LogP contribution in [0.2, 0.25) is 0 Å².